The van der Waals surface area contributed by atoms with Crippen molar-refractivity contribution >= 4 is 5.91 Å². The Morgan fingerprint density at radius 3 is 2.34 bits per heavy atom. The molecule has 0 bridgehead atoms. The fourth-order valence-electron chi connectivity index (χ4n) is 4.97. The highest BCUT2D eigenvalue weighted by Gasteiger charge is 2.33. The molecular weight excluding hydrogens is 440 g/mol. The summed E-state index contributed by atoms with van der Waals surface area (Å²) in [5.74, 6) is 2.08. The lowest BCUT2D eigenvalue weighted by molar-refractivity contribution is -0.127. The van der Waals surface area contributed by atoms with Crippen LogP contribution >= 0.6 is 0 Å². The molecular formula is C29H40N2O4. The second-order valence-electron chi connectivity index (χ2n) is 9.95. The van der Waals surface area contributed by atoms with Gasteiger partial charge in [-0.2, -0.15) is 0 Å². The number of amides is 1. The number of nitrogens with zero attached hydrogens (tertiary/aromatic N) is 2. The Balaban J connectivity index is 1.20. The van der Waals surface area contributed by atoms with Crippen LogP contribution in [0.15, 0.2) is 48.5 Å². The molecule has 0 saturated carbocycles. The van der Waals surface area contributed by atoms with E-state index in [0.29, 0.717) is 19.6 Å². The summed E-state index contributed by atoms with van der Waals surface area (Å²) in [5.41, 5.74) is 2.29. The van der Waals surface area contributed by atoms with E-state index in [-0.39, 0.29) is 11.5 Å². The van der Waals surface area contributed by atoms with Gasteiger partial charge in [-0.15, -0.1) is 0 Å². The Morgan fingerprint density at radius 1 is 0.886 bits per heavy atom. The number of carbonyl (C=O) groups excluding carboxylic acids is 1. The monoisotopic (exact) mass is 480 g/mol. The molecule has 0 unspecified atom stereocenters. The Labute approximate surface area is 210 Å². The van der Waals surface area contributed by atoms with Gasteiger partial charge in [0.15, 0.2) is 0 Å². The van der Waals surface area contributed by atoms with Crippen molar-refractivity contribution in [2.24, 2.45) is 0 Å². The molecule has 1 amide bonds. The van der Waals surface area contributed by atoms with E-state index in [1.807, 2.05) is 24.1 Å². The predicted octanol–water partition coefficient (Wildman–Crippen LogP) is 4.84. The molecule has 6 heteroatoms. The molecule has 4 rings (SSSR count). The van der Waals surface area contributed by atoms with Gasteiger partial charge in [-0.1, -0.05) is 29.8 Å². The van der Waals surface area contributed by atoms with Gasteiger partial charge in [0.1, 0.15) is 23.7 Å². The third-order valence-electron chi connectivity index (χ3n) is 7.29. The summed E-state index contributed by atoms with van der Waals surface area (Å²) >= 11 is 0. The van der Waals surface area contributed by atoms with Crippen LogP contribution < -0.4 is 9.47 Å². The zero-order valence-electron chi connectivity index (χ0n) is 21.3. The van der Waals surface area contributed by atoms with E-state index in [2.05, 4.69) is 48.2 Å². The average molecular weight is 481 g/mol. The van der Waals surface area contributed by atoms with Gasteiger partial charge in [0.05, 0.1) is 6.61 Å². The summed E-state index contributed by atoms with van der Waals surface area (Å²) in [4.78, 5) is 16.1. The first kappa shape index (κ1) is 25.5. The Hall–Kier alpha value is -2.57. The molecule has 2 aliphatic heterocycles. The van der Waals surface area contributed by atoms with E-state index in [4.69, 9.17) is 14.2 Å². The molecule has 2 fully saturated rings. The molecule has 35 heavy (non-hydrogen) atoms. The second-order valence-corrected chi connectivity index (χ2v) is 9.95. The first-order valence-electron chi connectivity index (χ1n) is 13.0. The first-order valence-corrected chi connectivity index (χ1v) is 13.0. The SMILES string of the molecule is CO[C@]1(COc2ccc(C)cc2)CCCN(Cc2ccc(OCCCN3CCCC3=O)cc2)CC1. The van der Waals surface area contributed by atoms with Crippen molar-refractivity contribution in [2.75, 3.05) is 46.5 Å². The summed E-state index contributed by atoms with van der Waals surface area (Å²) in [6.45, 7) is 7.97. The second kappa shape index (κ2) is 12.4. The number of methoxy groups -OCH3 is 1. The van der Waals surface area contributed by atoms with Crippen LogP contribution in [0.1, 0.15) is 49.7 Å². The fraction of sp³-hybridized carbons (Fsp3) is 0.552. The highest BCUT2D eigenvalue weighted by Crippen LogP contribution is 2.28. The molecule has 190 valence electrons. The normalized spacial score (nSPS) is 21.2. The van der Waals surface area contributed by atoms with E-state index in [0.717, 1.165) is 76.3 Å². The lowest BCUT2D eigenvalue weighted by Gasteiger charge is -2.31. The van der Waals surface area contributed by atoms with Crippen molar-refractivity contribution in [3.8, 4) is 11.5 Å². The van der Waals surface area contributed by atoms with Gasteiger partial charge in [0.25, 0.3) is 0 Å². The number of rotatable bonds is 11. The number of carbonyl (C=O) groups is 1. The number of hydrogen-bond donors (Lipinski definition) is 0. The van der Waals surface area contributed by atoms with Gasteiger partial charge in [-0.3, -0.25) is 9.69 Å². The third-order valence-corrected chi connectivity index (χ3v) is 7.29. The molecule has 2 heterocycles. The third kappa shape index (κ3) is 7.45. The summed E-state index contributed by atoms with van der Waals surface area (Å²) in [7, 11) is 1.82. The standard InChI is InChI=1S/C29H40N2O4/c1-24-7-11-27(12-8-24)35-23-29(33-2)15-4-17-30(20-16-29)22-25-9-13-26(14-10-25)34-21-5-19-31-18-3-6-28(31)32/h7-14H,3-6,15-23H2,1-2H3/t29-/m1/s1. The number of benzene rings is 2. The van der Waals surface area contributed by atoms with Crippen LogP contribution in [-0.2, 0) is 16.1 Å². The zero-order valence-corrected chi connectivity index (χ0v) is 21.3. The molecule has 1 atom stereocenters. The maximum absolute atomic E-state index is 11.7. The Kier molecular flexibility index (Phi) is 9.05. The smallest absolute Gasteiger partial charge is 0.222 e. The van der Waals surface area contributed by atoms with E-state index in [1.165, 1.54) is 11.1 Å². The largest absolute Gasteiger partial charge is 0.494 e. The molecule has 2 aromatic rings. The van der Waals surface area contributed by atoms with Crippen LogP contribution in [0.2, 0.25) is 0 Å². The topological polar surface area (TPSA) is 51.2 Å². The highest BCUT2D eigenvalue weighted by molar-refractivity contribution is 5.77. The van der Waals surface area contributed by atoms with Crippen molar-refractivity contribution in [3.05, 3.63) is 59.7 Å². The Bertz CT molecular complexity index is 931. The van der Waals surface area contributed by atoms with Crippen molar-refractivity contribution in [3.63, 3.8) is 0 Å². The van der Waals surface area contributed by atoms with Crippen LogP contribution in [0.5, 0.6) is 11.5 Å². The number of likely N-dealkylation sites (tertiary alicyclic amines) is 2. The fourth-order valence-corrected chi connectivity index (χ4v) is 4.97. The maximum Gasteiger partial charge on any atom is 0.222 e. The van der Waals surface area contributed by atoms with Gasteiger partial charge >= 0.3 is 0 Å². The minimum Gasteiger partial charge on any atom is -0.494 e. The average Bonchev–Trinajstić information content (AvgIpc) is 3.18. The van der Waals surface area contributed by atoms with Gasteiger partial charge in [-0.05, 0) is 75.4 Å². The quantitative estimate of drug-likeness (QED) is 0.431. The predicted molar refractivity (Wildman–Crippen MR) is 138 cm³/mol. The Morgan fingerprint density at radius 2 is 1.63 bits per heavy atom. The summed E-state index contributed by atoms with van der Waals surface area (Å²) < 4.78 is 18.0. The lowest BCUT2D eigenvalue weighted by Crippen LogP contribution is -2.39. The summed E-state index contributed by atoms with van der Waals surface area (Å²) in [5, 5.41) is 0. The molecule has 0 N–H and O–H groups in total. The zero-order chi connectivity index (χ0) is 24.5. The van der Waals surface area contributed by atoms with Gasteiger partial charge < -0.3 is 19.1 Å². The molecule has 2 aromatic carbocycles. The number of hydrogen-bond acceptors (Lipinski definition) is 5. The van der Waals surface area contributed by atoms with Crippen LogP contribution in [0, 0.1) is 6.92 Å². The van der Waals surface area contributed by atoms with Crippen molar-refractivity contribution < 1.29 is 19.0 Å². The van der Waals surface area contributed by atoms with Crippen molar-refractivity contribution in [1.29, 1.82) is 0 Å². The van der Waals surface area contributed by atoms with E-state index < -0.39 is 0 Å². The number of aryl methyl sites for hydroxylation is 1. The highest BCUT2D eigenvalue weighted by atomic mass is 16.5. The van der Waals surface area contributed by atoms with Crippen LogP contribution in [0.25, 0.3) is 0 Å². The molecule has 0 radical (unpaired) electrons. The van der Waals surface area contributed by atoms with E-state index in [1.54, 1.807) is 0 Å². The molecule has 0 aromatic heterocycles. The van der Waals surface area contributed by atoms with E-state index in [9.17, 15) is 4.79 Å². The van der Waals surface area contributed by atoms with Crippen LogP contribution in [-0.4, -0.2) is 67.8 Å². The summed E-state index contributed by atoms with van der Waals surface area (Å²) in [6, 6.07) is 16.7. The molecule has 0 aliphatic carbocycles. The molecule has 2 saturated heterocycles. The van der Waals surface area contributed by atoms with E-state index >= 15 is 0 Å². The van der Waals surface area contributed by atoms with Gasteiger partial charge in [-0.25, -0.2) is 0 Å². The van der Waals surface area contributed by atoms with Crippen molar-refractivity contribution in [1.82, 2.24) is 9.80 Å². The molecule has 0 spiro atoms. The number of ether oxygens (including phenoxy) is 3. The van der Waals surface area contributed by atoms with Gasteiger partial charge in [0.2, 0.25) is 5.91 Å². The summed E-state index contributed by atoms with van der Waals surface area (Å²) in [6.07, 6.45) is 5.61. The minimum atomic E-state index is -0.239. The minimum absolute atomic E-state index is 0.239. The first-order chi connectivity index (χ1) is 17.0. The van der Waals surface area contributed by atoms with Crippen molar-refractivity contribution in [2.45, 2.75) is 57.6 Å². The molecule has 2 aliphatic rings. The van der Waals surface area contributed by atoms with Crippen LogP contribution in [0.3, 0.4) is 0 Å². The maximum atomic E-state index is 11.7. The van der Waals surface area contributed by atoms with Crippen LogP contribution in [0.4, 0.5) is 0 Å². The lowest BCUT2D eigenvalue weighted by atomic mass is 9.95. The molecule has 6 nitrogen and oxygen atoms in total. The van der Waals surface area contributed by atoms with Gasteiger partial charge in [0, 0.05) is 39.7 Å².